The third-order valence-electron chi connectivity index (χ3n) is 3.11. The van der Waals surface area contributed by atoms with Crippen LogP contribution in [0.3, 0.4) is 0 Å². The zero-order valence-electron chi connectivity index (χ0n) is 10.2. The zero-order chi connectivity index (χ0) is 14.3. The summed E-state index contributed by atoms with van der Waals surface area (Å²) in [5, 5.41) is 0.931. The largest absolute Gasteiger partial charge is 0.458 e. The molecule has 0 saturated heterocycles. The first-order valence-electron chi connectivity index (χ1n) is 5.95. The summed E-state index contributed by atoms with van der Waals surface area (Å²) in [7, 11) is 0. The van der Waals surface area contributed by atoms with Gasteiger partial charge in [0, 0.05) is 15.4 Å². The second-order valence-corrected chi connectivity index (χ2v) is 6.22. The molecule has 0 amide bonds. The van der Waals surface area contributed by atoms with Crippen LogP contribution < -0.4 is 5.73 Å². The van der Waals surface area contributed by atoms with E-state index in [9.17, 15) is 4.39 Å². The second kappa shape index (κ2) is 5.31. The quantitative estimate of drug-likeness (QED) is 0.648. The topological polar surface area (TPSA) is 39.2 Å². The number of hydrogen-bond acceptors (Lipinski definition) is 2. The van der Waals surface area contributed by atoms with E-state index in [2.05, 4.69) is 31.9 Å². The summed E-state index contributed by atoms with van der Waals surface area (Å²) in [5.74, 6) is 0.184. The van der Waals surface area contributed by atoms with E-state index in [4.69, 9.17) is 10.2 Å². The van der Waals surface area contributed by atoms with Crippen molar-refractivity contribution in [3.8, 4) is 0 Å². The monoisotopic (exact) mass is 397 g/mol. The van der Waals surface area contributed by atoms with E-state index in [1.807, 2.05) is 24.3 Å². The molecule has 1 heterocycles. The van der Waals surface area contributed by atoms with Crippen LogP contribution in [-0.2, 0) is 0 Å². The summed E-state index contributed by atoms with van der Waals surface area (Å²) in [6.45, 7) is 0. The maximum absolute atomic E-state index is 13.9. The lowest BCUT2D eigenvalue weighted by molar-refractivity contribution is 0.509. The van der Waals surface area contributed by atoms with Crippen LogP contribution in [0.1, 0.15) is 17.4 Å². The first-order chi connectivity index (χ1) is 9.56. The number of furan rings is 1. The Labute approximate surface area is 132 Å². The van der Waals surface area contributed by atoms with Gasteiger partial charge in [-0.3, -0.25) is 0 Å². The molecular formula is C15H10Br2FNO. The third kappa shape index (κ3) is 2.41. The number of fused-ring (bicyclic) bond motifs is 1. The summed E-state index contributed by atoms with van der Waals surface area (Å²) in [5.41, 5.74) is 7.24. The Kier molecular flexibility index (Phi) is 3.67. The van der Waals surface area contributed by atoms with Crippen LogP contribution in [0.4, 0.5) is 4.39 Å². The summed E-state index contributed by atoms with van der Waals surface area (Å²) < 4.78 is 21.3. The van der Waals surface area contributed by atoms with E-state index in [0.29, 0.717) is 16.9 Å². The van der Waals surface area contributed by atoms with Crippen molar-refractivity contribution in [1.29, 1.82) is 0 Å². The number of nitrogens with two attached hydrogens (primary N) is 1. The van der Waals surface area contributed by atoms with E-state index >= 15 is 0 Å². The SMILES string of the molecule is NC(c1cc2cccc(Br)c2o1)c1cc(Br)ccc1F. The highest BCUT2D eigenvalue weighted by Crippen LogP contribution is 2.32. The van der Waals surface area contributed by atoms with Crippen molar-refractivity contribution in [2.75, 3.05) is 0 Å². The molecule has 3 aromatic rings. The van der Waals surface area contributed by atoms with Crippen LogP contribution in [0.5, 0.6) is 0 Å². The molecule has 5 heteroatoms. The molecule has 102 valence electrons. The van der Waals surface area contributed by atoms with E-state index < -0.39 is 6.04 Å². The highest BCUT2D eigenvalue weighted by atomic mass is 79.9. The number of hydrogen-bond donors (Lipinski definition) is 1. The maximum atomic E-state index is 13.9. The van der Waals surface area contributed by atoms with Crippen molar-refractivity contribution in [3.63, 3.8) is 0 Å². The fourth-order valence-electron chi connectivity index (χ4n) is 2.11. The minimum absolute atomic E-state index is 0.347. The lowest BCUT2D eigenvalue weighted by Crippen LogP contribution is -2.12. The Hall–Kier alpha value is -1.17. The number of benzene rings is 2. The van der Waals surface area contributed by atoms with Gasteiger partial charge >= 0.3 is 0 Å². The molecule has 0 aliphatic rings. The van der Waals surface area contributed by atoms with Crippen molar-refractivity contribution < 1.29 is 8.81 Å². The fourth-order valence-corrected chi connectivity index (χ4v) is 2.95. The highest BCUT2D eigenvalue weighted by Gasteiger charge is 2.18. The number of rotatable bonds is 2. The zero-order valence-corrected chi connectivity index (χ0v) is 13.4. The van der Waals surface area contributed by atoms with E-state index in [1.165, 1.54) is 6.07 Å². The van der Waals surface area contributed by atoms with Gasteiger partial charge in [0.25, 0.3) is 0 Å². The van der Waals surface area contributed by atoms with Gasteiger partial charge in [-0.2, -0.15) is 0 Å². The van der Waals surface area contributed by atoms with Crippen LogP contribution in [0.25, 0.3) is 11.0 Å². The maximum Gasteiger partial charge on any atom is 0.148 e. The van der Waals surface area contributed by atoms with Crippen molar-refractivity contribution in [2.45, 2.75) is 6.04 Å². The van der Waals surface area contributed by atoms with Crippen molar-refractivity contribution in [2.24, 2.45) is 5.73 Å². The standard InChI is InChI=1S/C15H10Br2FNO/c16-9-4-5-12(18)10(7-9)14(19)13-6-8-2-1-3-11(17)15(8)20-13/h1-7,14H,19H2. The van der Waals surface area contributed by atoms with Crippen molar-refractivity contribution in [1.82, 2.24) is 0 Å². The molecular weight excluding hydrogens is 389 g/mol. The van der Waals surface area contributed by atoms with Gasteiger partial charge in [0.05, 0.1) is 10.5 Å². The van der Waals surface area contributed by atoms with Crippen LogP contribution in [0.15, 0.2) is 55.8 Å². The van der Waals surface area contributed by atoms with E-state index in [-0.39, 0.29) is 5.82 Å². The van der Waals surface area contributed by atoms with Crippen LogP contribution in [0, 0.1) is 5.82 Å². The predicted octanol–water partition coefficient (Wildman–Crippen LogP) is 5.15. The Bertz CT molecular complexity index is 785. The first kappa shape index (κ1) is 13.8. The van der Waals surface area contributed by atoms with Gasteiger partial charge in [-0.05, 0) is 46.3 Å². The molecule has 1 aromatic heterocycles. The van der Waals surface area contributed by atoms with Crippen LogP contribution >= 0.6 is 31.9 Å². The van der Waals surface area contributed by atoms with E-state index in [0.717, 1.165) is 14.3 Å². The molecule has 3 rings (SSSR count). The number of halogens is 3. The molecule has 20 heavy (non-hydrogen) atoms. The molecule has 1 unspecified atom stereocenters. The van der Waals surface area contributed by atoms with Gasteiger partial charge in [-0.15, -0.1) is 0 Å². The Morgan fingerprint density at radius 1 is 1.10 bits per heavy atom. The lowest BCUT2D eigenvalue weighted by Gasteiger charge is -2.10. The smallest absolute Gasteiger partial charge is 0.148 e. The predicted molar refractivity (Wildman–Crippen MR) is 84.0 cm³/mol. The molecule has 0 aliphatic heterocycles. The molecule has 0 spiro atoms. The molecule has 0 radical (unpaired) electrons. The Balaban J connectivity index is 2.10. The molecule has 0 fully saturated rings. The average molecular weight is 399 g/mol. The van der Waals surface area contributed by atoms with Crippen molar-refractivity contribution in [3.05, 3.63) is 68.6 Å². The highest BCUT2D eigenvalue weighted by molar-refractivity contribution is 9.11. The molecule has 0 saturated carbocycles. The van der Waals surface area contributed by atoms with Crippen molar-refractivity contribution >= 4 is 42.8 Å². The Morgan fingerprint density at radius 3 is 2.65 bits per heavy atom. The molecule has 0 aliphatic carbocycles. The fraction of sp³-hybridized carbons (Fsp3) is 0.0667. The van der Waals surface area contributed by atoms with Gasteiger partial charge in [0.1, 0.15) is 17.2 Å². The normalized spacial score (nSPS) is 12.8. The van der Waals surface area contributed by atoms with Gasteiger partial charge in [0.2, 0.25) is 0 Å². The average Bonchev–Trinajstić information content (AvgIpc) is 2.86. The molecule has 1 atom stereocenters. The minimum atomic E-state index is -0.646. The van der Waals surface area contributed by atoms with Crippen LogP contribution in [0.2, 0.25) is 0 Å². The summed E-state index contributed by atoms with van der Waals surface area (Å²) in [4.78, 5) is 0. The van der Waals surface area contributed by atoms with Gasteiger partial charge in [-0.25, -0.2) is 4.39 Å². The minimum Gasteiger partial charge on any atom is -0.458 e. The van der Waals surface area contributed by atoms with Gasteiger partial charge < -0.3 is 10.2 Å². The van der Waals surface area contributed by atoms with Gasteiger partial charge in [0.15, 0.2) is 0 Å². The van der Waals surface area contributed by atoms with Gasteiger partial charge in [-0.1, -0.05) is 28.1 Å². The molecule has 0 bridgehead atoms. The summed E-state index contributed by atoms with van der Waals surface area (Å²) >= 11 is 6.75. The first-order valence-corrected chi connectivity index (χ1v) is 7.53. The Morgan fingerprint density at radius 2 is 1.90 bits per heavy atom. The second-order valence-electron chi connectivity index (χ2n) is 4.45. The molecule has 2 N–H and O–H groups in total. The van der Waals surface area contributed by atoms with E-state index in [1.54, 1.807) is 12.1 Å². The third-order valence-corrected chi connectivity index (χ3v) is 4.23. The number of para-hydroxylation sites is 1. The lowest BCUT2D eigenvalue weighted by atomic mass is 10.0. The molecule has 2 nitrogen and oxygen atoms in total. The molecule has 2 aromatic carbocycles. The summed E-state index contributed by atoms with van der Waals surface area (Å²) in [6, 6.07) is 11.6. The van der Waals surface area contributed by atoms with Crippen LogP contribution in [-0.4, -0.2) is 0 Å². The summed E-state index contributed by atoms with van der Waals surface area (Å²) in [6.07, 6.45) is 0.